The first-order valence-corrected chi connectivity index (χ1v) is 7.63. The van der Waals surface area contributed by atoms with E-state index in [1.807, 2.05) is 0 Å². The van der Waals surface area contributed by atoms with Crippen LogP contribution in [-0.2, 0) is 19.2 Å². The molecule has 0 aliphatic carbocycles. The van der Waals surface area contributed by atoms with Crippen molar-refractivity contribution in [3.05, 3.63) is 23.7 Å². The zero-order valence-electron chi connectivity index (χ0n) is 14.0. The van der Waals surface area contributed by atoms with Gasteiger partial charge in [-0.25, -0.2) is 4.79 Å². The van der Waals surface area contributed by atoms with Gasteiger partial charge in [0, 0.05) is 19.4 Å². The molecular formula is C15H20N6O5. The first kappa shape index (κ1) is 22.7. The summed E-state index contributed by atoms with van der Waals surface area (Å²) in [5, 5.41) is 14.2. The van der Waals surface area contributed by atoms with Gasteiger partial charge in [0.25, 0.3) is 0 Å². The Morgan fingerprint density at radius 2 is 1.50 bits per heavy atom. The predicted octanol–water partition coefficient (Wildman–Crippen LogP) is -1.00. The molecule has 0 aromatic carbocycles. The summed E-state index contributed by atoms with van der Waals surface area (Å²) in [7, 11) is 0. The van der Waals surface area contributed by atoms with Crippen molar-refractivity contribution in [2.45, 2.75) is 37.8 Å². The van der Waals surface area contributed by atoms with Gasteiger partial charge in [-0.05, 0) is 12.8 Å². The lowest BCUT2D eigenvalue weighted by Gasteiger charge is -2.20. The Hall–Kier alpha value is -3.26. The number of carboxylic acid groups (broad SMARTS) is 1. The van der Waals surface area contributed by atoms with Gasteiger partial charge in [-0.15, -0.1) is 6.58 Å². The number of hydrogen-bond acceptors (Lipinski definition) is 5. The minimum atomic E-state index is -1.34. The number of amides is 1. The number of carboxylic acids is 1. The first-order chi connectivity index (χ1) is 12.3. The fourth-order valence-electron chi connectivity index (χ4n) is 1.91. The highest BCUT2D eigenvalue weighted by atomic mass is 16.4. The zero-order chi connectivity index (χ0) is 19.9. The summed E-state index contributed by atoms with van der Waals surface area (Å²) in [6.45, 7) is 3.73. The molecule has 0 rings (SSSR count). The van der Waals surface area contributed by atoms with E-state index >= 15 is 0 Å². The van der Waals surface area contributed by atoms with Crippen LogP contribution >= 0.6 is 0 Å². The van der Waals surface area contributed by atoms with E-state index in [1.165, 1.54) is 6.08 Å². The van der Waals surface area contributed by atoms with E-state index in [4.69, 9.17) is 16.2 Å². The molecule has 0 aliphatic heterocycles. The van der Waals surface area contributed by atoms with Crippen LogP contribution in [0.1, 0.15) is 25.7 Å². The number of nitrogens with zero attached hydrogens (tertiary/aromatic N) is 4. The summed E-state index contributed by atoms with van der Waals surface area (Å²) < 4.78 is 0. The monoisotopic (exact) mass is 364 g/mol. The van der Waals surface area contributed by atoms with Crippen molar-refractivity contribution >= 4 is 35.9 Å². The average molecular weight is 364 g/mol. The van der Waals surface area contributed by atoms with Gasteiger partial charge in [0.2, 0.25) is 17.5 Å². The average Bonchev–Trinajstić information content (AvgIpc) is 2.58. The summed E-state index contributed by atoms with van der Waals surface area (Å²) in [6, 6.07) is -2.22. The molecule has 0 unspecified atom stereocenters. The van der Waals surface area contributed by atoms with Crippen molar-refractivity contribution < 1.29 is 33.9 Å². The van der Waals surface area contributed by atoms with Gasteiger partial charge in [0.05, 0.1) is 6.04 Å². The molecule has 0 aromatic rings. The second-order valence-electron chi connectivity index (χ2n) is 5.15. The Morgan fingerprint density at radius 1 is 1.00 bits per heavy atom. The predicted molar refractivity (Wildman–Crippen MR) is 89.4 cm³/mol. The SMILES string of the molecule is C=CCN[C@@H](CCC(=O)C=[N+]=[N-])C(=O)N[C@@H](CCC(=O)C=[N+]=[N-])C(=O)O. The summed E-state index contributed by atoms with van der Waals surface area (Å²) in [4.78, 5) is 51.3. The Bertz CT molecular complexity index is 649. The molecule has 0 fully saturated rings. The molecule has 0 aliphatic rings. The van der Waals surface area contributed by atoms with Crippen molar-refractivity contribution in [3.63, 3.8) is 0 Å². The molecule has 0 saturated heterocycles. The van der Waals surface area contributed by atoms with Crippen LogP contribution in [-0.4, -0.2) is 69.2 Å². The molecule has 0 aromatic heterocycles. The topological polar surface area (TPSA) is 185 Å². The Labute approximate surface area is 149 Å². The van der Waals surface area contributed by atoms with Crippen LogP contribution in [0, 0.1) is 0 Å². The van der Waals surface area contributed by atoms with Crippen LogP contribution in [0.15, 0.2) is 12.7 Å². The number of carbonyl (C=O) groups excluding carboxylic acids is 3. The molecule has 2 atom stereocenters. The minimum absolute atomic E-state index is 0.0347. The number of aliphatic carboxylic acids is 1. The maximum Gasteiger partial charge on any atom is 0.326 e. The number of nitrogens with one attached hydrogen (secondary N) is 2. The molecular weight excluding hydrogens is 344 g/mol. The summed E-state index contributed by atoms with van der Waals surface area (Å²) in [5.74, 6) is -3.10. The second kappa shape index (κ2) is 13.1. The van der Waals surface area contributed by atoms with Crippen molar-refractivity contribution in [2.24, 2.45) is 0 Å². The number of ketones is 2. The molecule has 26 heavy (non-hydrogen) atoms. The second-order valence-corrected chi connectivity index (χ2v) is 5.15. The molecule has 1 amide bonds. The third-order valence-electron chi connectivity index (χ3n) is 3.20. The maximum absolute atomic E-state index is 12.3. The lowest BCUT2D eigenvalue weighted by atomic mass is 10.1. The van der Waals surface area contributed by atoms with Crippen molar-refractivity contribution in [1.82, 2.24) is 10.6 Å². The Kier molecular flexibility index (Phi) is 11.4. The molecule has 0 heterocycles. The van der Waals surface area contributed by atoms with Gasteiger partial charge in [0.15, 0.2) is 0 Å². The van der Waals surface area contributed by atoms with E-state index in [1.54, 1.807) is 0 Å². The molecule has 0 bridgehead atoms. The van der Waals surface area contributed by atoms with Gasteiger partial charge in [-0.1, -0.05) is 6.08 Å². The number of carbonyl (C=O) groups is 4. The number of hydrogen-bond donors (Lipinski definition) is 3. The van der Waals surface area contributed by atoms with E-state index in [0.29, 0.717) is 12.4 Å². The summed E-state index contributed by atoms with van der Waals surface area (Å²) >= 11 is 0. The van der Waals surface area contributed by atoms with E-state index in [0.717, 1.165) is 0 Å². The van der Waals surface area contributed by atoms with Gasteiger partial charge < -0.3 is 26.8 Å². The summed E-state index contributed by atoms with van der Waals surface area (Å²) in [5.41, 5.74) is 16.5. The smallest absolute Gasteiger partial charge is 0.326 e. The quantitative estimate of drug-likeness (QED) is 0.153. The van der Waals surface area contributed by atoms with Gasteiger partial charge in [-0.3, -0.25) is 14.4 Å². The van der Waals surface area contributed by atoms with Crippen LogP contribution < -0.4 is 10.6 Å². The van der Waals surface area contributed by atoms with E-state index in [9.17, 15) is 19.2 Å². The van der Waals surface area contributed by atoms with Crippen LogP contribution in [0.3, 0.4) is 0 Å². The van der Waals surface area contributed by atoms with Crippen LogP contribution in [0.2, 0.25) is 0 Å². The number of rotatable bonds is 14. The van der Waals surface area contributed by atoms with Gasteiger partial charge in [0.1, 0.15) is 6.04 Å². The minimum Gasteiger partial charge on any atom is -0.480 e. The van der Waals surface area contributed by atoms with Gasteiger partial charge >= 0.3 is 18.4 Å². The molecule has 140 valence electrons. The molecule has 11 nitrogen and oxygen atoms in total. The van der Waals surface area contributed by atoms with Crippen LogP contribution in [0.5, 0.6) is 0 Å². The Morgan fingerprint density at radius 3 is 1.92 bits per heavy atom. The lowest BCUT2D eigenvalue weighted by molar-refractivity contribution is -0.142. The third kappa shape index (κ3) is 9.78. The van der Waals surface area contributed by atoms with E-state index < -0.39 is 35.5 Å². The molecule has 0 saturated carbocycles. The largest absolute Gasteiger partial charge is 0.480 e. The molecule has 0 radical (unpaired) electrons. The maximum atomic E-state index is 12.3. The molecule has 3 N–H and O–H groups in total. The highest BCUT2D eigenvalue weighted by Gasteiger charge is 2.26. The van der Waals surface area contributed by atoms with Crippen LogP contribution in [0.4, 0.5) is 0 Å². The van der Waals surface area contributed by atoms with Crippen molar-refractivity contribution in [3.8, 4) is 0 Å². The normalized spacial score (nSPS) is 11.8. The zero-order valence-corrected chi connectivity index (χ0v) is 14.0. The van der Waals surface area contributed by atoms with Crippen molar-refractivity contribution in [2.75, 3.05) is 6.54 Å². The fraction of sp³-hybridized carbons (Fsp3) is 0.467. The molecule has 0 spiro atoms. The lowest BCUT2D eigenvalue weighted by Crippen LogP contribution is -2.50. The van der Waals surface area contributed by atoms with E-state index in [-0.39, 0.29) is 32.2 Å². The number of Topliss-reactive ketones (excluding diaryl/α,β-unsaturated/α-hetero) is 2. The highest BCUT2D eigenvalue weighted by molar-refractivity contribution is 6.25. The Balaban J connectivity index is 4.91. The summed E-state index contributed by atoms with van der Waals surface area (Å²) in [6.07, 6.45) is 2.33. The van der Waals surface area contributed by atoms with E-state index in [2.05, 4.69) is 26.8 Å². The standard InChI is InChI=1S/C15H20N6O5/c1-2-7-18-12(5-3-10(22)8-19-16)14(24)21-13(15(25)26)6-4-11(23)9-20-17/h2,8-9,12-13,18H,1,3-7H2,(H,21,24)(H,25,26)/t12-,13-/m0/s1. The highest BCUT2D eigenvalue weighted by Crippen LogP contribution is 2.03. The first-order valence-electron chi connectivity index (χ1n) is 7.63. The van der Waals surface area contributed by atoms with Gasteiger partial charge in [-0.2, -0.15) is 9.58 Å². The molecule has 11 heteroatoms. The van der Waals surface area contributed by atoms with Crippen molar-refractivity contribution in [1.29, 1.82) is 0 Å². The fourth-order valence-corrected chi connectivity index (χ4v) is 1.91. The van der Waals surface area contributed by atoms with Crippen LogP contribution in [0.25, 0.3) is 11.1 Å². The third-order valence-corrected chi connectivity index (χ3v) is 3.20.